The van der Waals surface area contributed by atoms with Gasteiger partial charge in [0.1, 0.15) is 5.58 Å². The van der Waals surface area contributed by atoms with Crippen LogP contribution in [0.4, 0.5) is 0 Å². The highest BCUT2D eigenvalue weighted by atomic mass is 127. The van der Waals surface area contributed by atoms with Crippen LogP contribution in [-0.4, -0.2) is 5.78 Å². The lowest BCUT2D eigenvalue weighted by atomic mass is 10.1. The molecule has 0 radical (unpaired) electrons. The second-order valence-corrected chi connectivity index (χ2v) is 6.16. The fourth-order valence-electron chi connectivity index (χ4n) is 2.13. The van der Waals surface area contributed by atoms with Crippen molar-refractivity contribution in [2.45, 2.75) is 6.92 Å². The SMILES string of the molecule is Cc1cccc2cc(C(=O)c3cc(Cl)ccc3I)oc12. The van der Waals surface area contributed by atoms with E-state index >= 15 is 0 Å². The first-order chi connectivity index (χ1) is 9.56. The van der Waals surface area contributed by atoms with Crippen molar-refractivity contribution in [2.75, 3.05) is 0 Å². The fourth-order valence-corrected chi connectivity index (χ4v) is 2.88. The van der Waals surface area contributed by atoms with Gasteiger partial charge in [0.2, 0.25) is 5.78 Å². The Morgan fingerprint density at radius 1 is 1.20 bits per heavy atom. The van der Waals surface area contributed by atoms with E-state index in [-0.39, 0.29) is 5.78 Å². The van der Waals surface area contributed by atoms with Crippen LogP contribution in [0.5, 0.6) is 0 Å². The third-order valence-corrected chi connectivity index (χ3v) is 4.31. The number of halogens is 2. The number of benzene rings is 2. The molecule has 0 bridgehead atoms. The number of aryl methyl sites for hydroxylation is 1. The third-order valence-electron chi connectivity index (χ3n) is 3.14. The number of carbonyl (C=O) groups is 1. The Morgan fingerprint density at radius 3 is 2.75 bits per heavy atom. The molecular formula is C16H10ClIO2. The van der Waals surface area contributed by atoms with E-state index in [1.54, 1.807) is 18.2 Å². The van der Waals surface area contributed by atoms with E-state index in [0.29, 0.717) is 16.3 Å². The molecule has 0 saturated heterocycles. The second kappa shape index (κ2) is 5.22. The van der Waals surface area contributed by atoms with Gasteiger partial charge < -0.3 is 4.42 Å². The molecule has 0 fully saturated rings. The molecule has 0 N–H and O–H groups in total. The average molecular weight is 397 g/mol. The summed E-state index contributed by atoms with van der Waals surface area (Å²) in [5.74, 6) is 0.196. The highest BCUT2D eigenvalue weighted by Crippen LogP contribution is 2.26. The van der Waals surface area contributed by atoms with Gasteiger partial charge in [-0.25, -0.2) is 0 Å². The predicted molar refractivity (Wildman–Crippen MR) is 88.6 cm³/mol. The van der Waals surface area contributed by atoms with Crippen LogP contribution in [0.2, 0.25) is 5.02 Å². The van der Waals surface area contributed by atoms with Crippen LogP contribution in [-0.2, 0) is 0 Å². The van der Waals surface area contributed by atoms with E-state index in [0.717, 1.165) is 20.1 Å². The Morgan fingerprint density at radius 2 is 2.00 bits per heavy atom. The van der Waals surface area contributed by atoms with Crippen molar-refractivity contribution in [1.82, 2.24) is 0 Å². The van der Waals surface area contributed by atoms with Crippen LogP contribution in [0.25, 0.3) is 11.0 Å². The van der Waals surface area contributed by atoms with Crippen LogP contribution in [0.15, 0.2) is 46.9 Å². The maximum atomic E-state index is 12.5. The van der Waals surface area contributed by atoms with Crippen LogP contribution in [0.3, 0.4) is 0 Å². The lowest BCUT2D eigenvalue weighted by Gasteiger charge is -2.01. The van der Waals surface area contributed by atoms with Gasteiger partial charge in [0.05, 0.1) is 0 Å². The van der Waals surface area contributed by atoms with Crippen molar-refractivity contribution in [1.29, 1.82) is 0 Å². The molecule has 2 nitrogen and oxygen atoms in total. The van der Waals surface area contributed by atoms with Crippen LogP contribution < -0.4 is 0 Å². The quantitative estimate of drug-likeness (QED) is 0.438. The van der Waals surface area contributed by atoms with E-state index in [1.807, 2.05) is 31.2 Å². The Kier molecular flexibility index (Phi) is 3.56. The topological polar surface area (TPSA) is 30.2 Å². The molecule has 0 atom stereocenters. The van der Waals surface area contributed by atoms with Crippen LogP contribution >= 0.6 is 34.2 Å². The highest BCUT2D eigenvalue weighted by Gasteiger charge is 2.18. The van der Waals surface area contributed by atoms with Crippen molar-refractivity contribution in [2.24, 2.45) is 0 Å². The number of carbonyl (C=O) groups excluding carboxylic acids is 1. The van der Waals surface area contributed by atoms with Crippen LogP contribution in [0, 0.1) is 10.5 Å². The first-order valence-electron chi connectivity index (χ1n) is 6.05. The molecule has 3 aromatic rings. The molecule has 1 aromatic heterocycles. The molecular weight excluding hydrogens is 387 g/mol. The Hall–Kier alpha value is -1.33. The summed E-state index contributed by atoms with van der Waals surface area (Å²) in [5.41, 5.74) is 2.34. The zero-order valence-corrected chi connectivity index (χ0v) is 13.5. The number of hydrogen-bond donors (Lipinski definition) is 0. The van der Waals surface area contributed by atoms with E-state index in [1.165, 1.54) is 0 Å². The number of furan rings is 1. The monoisotopic (exact) mass is 396 g/mol. The summed E-state index contributed by atoms with van der Waals surface area (Å²) in [7, 11) is 0. The maximum absolute atomic E-state index is 12.5. The minimum Gasteiger partial charge on any atom is -0.452 e. The highest BCUT2D eigenvalue weighted by molar-refractivity contribution is 14.1. The fraction of sp³-hybridized carbons (Fsp3) is 0.0625. The van der Waals surface area contributed by atoms with Crippen LogP contribution in [0.1, 0.15) is 21.7 Å². The van der Waals surface area contributed by atoms with Crippen molar-refractivity contribution in [3.8, 4) is 0 Å². The minimum atomic E-state index is -0.146. The molecule has 0 saturated carbocycles. The summed E-state index contributed by atoms with van der Waals surface area (Å²) in [6.07, 6.45) is 0. The minimum absolute atomic E-state index is 0.146. The smallest absolute Gasteiger partial charge is 0.229 e. The summed E-state index contributed by atoms with van der Waals surface area (Å²) in [6.45, 7) is 1.96. The summed E-state index contributed by atoms with van der Waals surface area (Å²) in [6, 6.07) is 12.9. The molecule has 2 aromatic carbocycles. The standard InChI is InChI=1S/C16H10ClIO2/c1-9-3-2-4-10-7-14(20-16(9)10)15(19)12-8-11(17)5-6-13(12)18/h2-8H,1H3. The van der Waals surface area contributed by atoms with Gasteiger partial charge in [0.25, 0.3) is 0 Å². The molecule has 0 spiro atoms. The molecule has 0 amide bonds. The van der Waals surface area contributed by atoms with Crippen molar-refractivity contribution >= 4 is 50.9 Å². The van der Waals surface area contributed by atoms with Gasteiger partial charge in [-0.15, -0.1) is 0 Å². The Bertz CT molecular complexity index is 820. The molecule has 20 heavy (non-hydrogen) atoms. The van der Waals surface area contributed by atoms with E-state index < -0.39 is 0 Å². The van der Waals surface area contributed by atoms with Gasteiger partial charge in [-0.2, -0.15) is 0 Å². The number of fused-ring (bicyclic) bond motifs is 1. The first kappa shape index (κ1) is 13.6. The largest absolute Gasteiger partial charge is 0.452 e. The van der Waals surface area contributed by atoms with E-state index in [2.05, 4.69) is 22.6 Å². The second-order valence-electron chi connectivity index (χ2n) is 4.56. The number of ketones is 1. The van der Waals surface area contributed by atoms with Gasteiger partial charge in [-0.05, 0) is 59.3 Å². The summed E-state index contributed by atoms with van der Waals surface area (Å²) in [5, 5.41) is 1.48. The predicted octanol–water partition coefficient (Wildman–Crippen LogP) is 5.23. The Labute approximate surface area is 134 Å². The zero-order chi connectivity index (χ0) is 14.3. The van der Waals surface area contributed by atoms with Crippen molar-refractivity contribution in [3.63, 3.8) is 0 Å². The molecule has 0 unspecified atom stereocenters. The normalized spacial score (nSPS) is 10.9. The molecule has 4 heteroatoms. The number of para-hydroxylation sites is 1. The van der Waals surface area contributed by atoms with Gasteiger partial charge in [-0.1, -0.05) is 29.8 Å². The van der Waals surface area contributed by atoms with Gasteiger partial charge >= 0.3 is 0 Å². The molecule has 1 heterocycles. The summed E-state index contributed by atoms with van der Waals surface area (Å²) in [4.78, 5) is 12.5. The first-order valence-corrected chi connectivity index (χ1v) is 7.51. The number of rotatable bonds is 2. The molecule has 0 aliphatic carbocycles. The van der Waals surface area contributed by atoms with Crippen molar-refractivity contribution < 1.29 is 9.21 Å². The molecule has 3 rings (SSSR count). The summed E-state index contributed by atoms with van der Waals surface area (Å²) < 4.78 is 6.57. The van der Waals surface area contributed by atoms with E-state index in [9.17, 15) is 4.79 Å². The van der Waals surface area contributed by atoms with Gasteiger partial charge in [-0.3, -0.25) is 4.79 Å². The maximum Gasteiger partial charge on any atom is 0.229 e. The molecule has 100 valence electrons. The lowest BCUT2D eigenvalue weighted by molar-refractivity contribution is 0.101. The van der Waals surface area contributed by atoms with Gasteiger partial charge in [0, 0.05) is 19.5 Å². The third kappa shape index (κ3) is 2.36. The Balaban J connectivity index is 2.13. The lowest BCUT2D eigenvalue weighted by Crippen LogP contribution is -2.02. The summed E-state index contributed by atoms with van der Waals surface area (Å²) >= 11 is 8.09. The average Bonchev–Trinajstić information content (AvgIpc) is 2.86. The van der Waals surface area contributed by atoms with Gasteiger partial charge in [0.15, 0.2) is 5.76 Å². The van der Waals surface area contributed by atoms with Crippen molar-refractivity contribution in [3.05, 3.63) is 67.9 Å². The van der Waals surface area contributed by atoms with E-state index in [4.69, 9.17) is 16.0 Å². The number of hydrogen-bond acceptors (Lipinski definition) is 2. The molecule has 0 aliphatic heterocycles. The zero-order valence-electron chi connectivity index (χ0n) is 10.6. The molecule has 0 aliphatic rings.